The topological polar surface area (TPSA) is 114 Å². The fraction of sp³-hybridized carbons (Fsp3) is 0.111. The molecule has 0 radical (unpaired) electrons. The normalized spacial score (nSPS) is 12.0. The Kier molecular flexibility index (Phi) is 4.17. The first-order valence-electron chi connectivity index (χ1n) is 7.87. The van der Waals surface area contributed by atoms with Crippen molar-refractivity contribution in [2.45, 2.75) is 6.61 Å². The Labute approximate surface area is 152 Å². The van der Waals surface area contributed by atoms with E-state index in [4.69, 9.17) is 18.6 Å². The van der Waals surface area contributed by atoms with E-state index in [0.29, 0.717) is 5.76 Å². The van der Waals surface area contributed by atoms with Gasteiger partial charge in [0.2, 0.25) is 12.7 Å². The van der Waals surface area contributed by atoms with Gasteiger partial charge in [-0.1, -0.05) is 30.3 Å². The van der Waals surface area contributed by atoms with Crippen molar-refractivity contribution in [1.82, 2.24) is 4.98 Å². The number of nitro benzene ring substituents is 1. The minimum absolute atomic E-state index is 0.0659. The third-order valence-electron chi connectivity index (χ3n) is 3.85. The van der Waals surface area contributed by atoms with Gasteiger partial charge in [0.1, 0.15) is 5.56 Å². The number of carbonyl (C=O) groups excluding carboxylic acids is 1. The summed E-state index contributed by atoms with van der Waals surface area (Å²) in [6.45, 7) is -0.333. The largest absolute Gasteiger partial charge is 0.454 e. The van der Waals surface area contributed by atoms with Gasteiger partial charge in [0, 0.05) is 11.6 Å². The molecule has 1 aliphatic heterocycles. The van der Waals surface area contributed by atoms with Gasteiger partial charge in [-0.3, -0.25) is 10.1 Å². The molecule has 0 bridgehead atoms. The molecule has 4 rings (SSSR count). The average Bonchev–Trinajstić information content (AvgIpc) is 3.34. The first kappa shape index (κ1) is 16.6. The molecule has 1 aliphatic rings. The molecule has 27 heavy (non-hydrogen) atoms. The van der Waals surface area contributed by atoms with Crippen LogP contribution >= 0.6 is 0 Å². The van der Waals surface area contributed by atoms with Crippen molar-refractivity contribution < 1.29 is 28.3 Å². The van der Waals surface area contributed by atoms with Crippen LogP contribution in [-0.4, -0.2) is 22.7 Å². The van der Waals surface area contributed by atoms with Crippen molar-refractivity contribution in [3.8, 4) is 22.8 Å². The molecule has 136 valence electrons. The summed E-state index contributed by atoms with van der Waals surface area (Å²) in [5.74, 6) is 0.259. The van der Waals surface area contributed by atoms with Gasteiger partial charge < -0.3 is 18.6 Å². The number of esters is 1. The SMILES string of the molecule is O=C(OCc1ncc(-c2ccccc2)o1)c1cc2c(cc1[N+](=O)[O-])OCO2. The molecular weight excluding hydrogens is 356 g/mol. The zero-order chi connectivity index (χ0) is 18.8. The van der Waals surface area contributed by atoms with Crippen LogP contribution in [0.2, 0.25) is 0 Å². The number of fused-ring (bicyclic) bond motifs is 1. The van der Waals surface area contributed by atoms with Crippen LogP contribution in [0.3, 0.4) is 0 Å². The molecule has 0 amide bonds. The highest BCUT2D eigenvalue weighted by atomic mass is 16.7. The lowest BCUT2D eigenvalue weighted by Gasteiger charge is -2.05. The van der Waals surface area contributed by atoms with E-state index in [1.54, 1.807) is 0 Å². The van der Waals surface area contributed by atoms with Crippen molar-refractivity contribution in [3.63, 3.8) is 0 Å². The number of benzene rings is 2. The van der Waals surface area contributed by atoms with E-state index in [1.807, 2.05) is 30.3 Å². The second kappa shape index (κ2) is 6.79. The molecular formula is C18H12N2O7. The molecule has 2 heterocycles. The summed E-state index contributed by atoms with van der Waals surface area (Å²) < 4.78 is 20.9. The molecule has 0 saturated carbocycles. The molecule has 0 atom stereocenters. The molecule has 9 heteroatoms. The standard InChI is InChI=1S/C18H12N2O7/c21-18(12-6-14-15(26-10-25-14)7-13(12)20(22)23)24-9-17-19-8-16(27-17)11-4-2-1-3-5-11/h1-8H,9-10H2. The summed E-state index contributed by atoms with van der Waals surface area (Å²) in [4.78, 5) is 26.9. The number of aromatic nitrogens is 1. The van der Waals surface area contributed by atoms with Gasteiger partial charge in [-0.05, 0) is 0 Å². The summed E-state index contributed by atoms with van der Waals surface area (Å²) >= 11 is 0. The average molecular weight is 368 g/mol. The number of nitrogens with zero attached hydrogens (tertiary/aromatic N) is 2. The predicted molar refractivity (Wildman–Crippen MR) is 90.3 cm³/mol. The number of ether oxygens (including phenoxy) is 3. The van der Waals surface area contributed by atoms with E-state index in [2.05, 4.69) is 4.98 Å². The van der Waals surface area contributed by atoms with Crippen molar-refractivity contribution in [2.24, 2.45) is 0 Å². The molecule has 0 unspecified atom stereocenters. The van der Waals surface area contributed by atoms with Crippen LogP contribution in [0.5, 0.6) is 11.5 Å². The van der Waals surface area contributed by atoms with Crippen molar-refractivity contribution in [2.75, 3.05) is 6.79 Å². The van der Waals surface area contributed by atoms with Crippen LogP contribution in [0.4, 0.5) is 5.69 Å². The Hall–Kier alpha value is -3.88. The number of oxazole rings is 1. The molecule has 9 nitrogen and oxygen atoms in total. The van der Waals surface area contributed by atoms with E-state index >= 15 is 0 Å². The molecule has 0 aliphatic carbocycles. The quantitative estimate of drug-likeness (QED) is 0.383. The maximum Gasteiger partial charge on any atom is 0.345 e. The highest BCUT2D eigenvalue weighted by molar-refractivity contribution is 5.95. The van der Waals surface area contributed by atoms with Crippen molar-refractivity contribution in [3.05, 3.63) is 70.2 Å². The van der Waals surface area contributed by atoms with Crippen LogP contribution < -0.4 is 9.47 Å². The molecule has 0 fully saturated rings. The molecule has 0 spiro atoms. The Bertz CT molecular complexity index is 1010. The summed E-state index contributed by atoms with van der Waals surface area (Å²) in [7, 11) is 0. The maximum atomic E-state index is 12.3. The van der Waals surface area contributed by atoms with E-state index in [9.17, 15) is 14.9 Å². The summed E-state index contributed by atoms with van der Waals surface area (Å²) in [5.41, 5.74) is 0.162. The Morgan fingerprint density at radius 2 is 1.93 bits per heavy atom. The third-order valence-corrected chi connectivity index (χ3v) is 3.85. The van der Waals surface area contributed by atoms with Crippen LogP contribution in [0, 0.1) is 10.1 Å². The first-order chi connectivity index (χ1) is 13.1. The fourth-order valence-electron chi connectivity index (χ4n) is 2.56. The molecule has 3 aromatic rings. The number of nitro groups is 1. The van der Waals surface area contributed by atoms with Crippen molar-refractivity contribution in [1.29, 1.82) is 0 Å². The number of hydrogen-bond acceptors (Lipinski definition) is 8. The van der Waals surface area contributed by atoms with Gasteiger partial charge in [0.05, 0.1) is 17.2 Å². The smallest absolute Gasteiger partial charge is 0.345 e. The van der Waals surface area contributed by atoms with Crippen LogP contribution in [0.1, 0.15) is 16.2 Å². The summed E-state index contributed by atoms with van der Waals surface area (Å²) in [5, 5.41) is 11.2. The van der Waals surface area contributed by atoms with E-state index < -0.39 is 16.6 Å². The minimum atomic E-state index is -0.889. The van der Waals surface area contributed by atoms with Crippen LogP contribution in [0.25, 0.3) is 11.3 Å². The van der Waals surface area contributed by atoms with Gasteiger partial charge in [0.15, 0.2) is 23.9 Å². The molecule has 0 saturated heterocycles. The van der Waals surface area contributed by atoms with Gasteiger partial charge in [-0.15, -0.1) is 0 Å². The highest BCUT2D eigenvalue weighted by Gasteiger charge is 2.28. The zero-order valence-corrected chi connectivity index (χ0v) is 13.8. The molecule has 0 N–H and O–H groups in total. The summed E-state index contributed by atoms with van der Waals surface area (Å²) in [6, 6.07) is 11.7. The number of carbonyl (C=O) groups is 1. The lowest BCUT2D eigenvalue weighted by molar-refractivity contribution is -0.385. The highest BCUT2D eigenvalue weighted by Crippen LogP contribution is 2.38. The Morgan fingerprint density at radius 3 is 2.67 bits per heavy atom. The van der Waals surface area contributed by atoms with Gasteiger partial charge >= 0.3 is 5.97 Å². The Morgan fingerprint density at radius 1 is 1.19 bits per heavy atom. The lowest BCUT2D eigenvalue weighted by Crippen LogP contribution is -2.08. The summed E-state index contributed by atoms with van der Waals surface area (Å²) in [6.07, 6.45) is 1.52. The van der Waals surface area contributed by atoms with Gasteiger partial charge in [0.25, 0.3) is 5.69 Å². The van der Waals surface area contributed by atoms with E-state index in [-0.39, 0.29) is 36.4 Å². The Balaban J connectivity index is 1.50. The second-order valence-electron chi connectivity index (χ2n) is 5.54. The van der Waals surface area contributed by atoms with E-state index in [1.165, 1.54) is 12.3 Å². The maximum absolute atomic E-state index is 12.3. The van der Waals surface area contributed by atoms with Gasteiger partial charge in [-0.2, -0.15) is 0 Å². The zero-order valence-electron chi connectivity index (χ0n) is 13.8. The second-order valence-corrected chi connectivity index (χ2v) is 5.54. The molecule has 2 aromatic carbocycles. The third kappa shape index (κ3) is 3.30. The molecule has 1 aromatic heterocycles. The van der Waals surface area contributed by atoms with Crippen LogP contribution in [0.15, 0.2) is 53.1 Å². The fourth-order valence-corrected chi connectivity index (χ4v) is 2.56. The van der Waals surface area contributed by atoms with Crippen molar-refractivity contribution >= 4 is 11.7 Å². The van der Waals surface area contributed by atoms with Gasteiger partial charge in [-0.25, -0.2) is 9.78 Å². The number of rotatable bonds is 5. The van der Waals surface area contributed by atoms with E-state index in [0.717, 1.165) is 11.6 Å². The lowest BCUT2D eigenvalue weighted by atomic mass is 10.1. The predicted octanol–water partition coefficient (Wildman–Crippen LogP) is 3.34. The monoisotopic (exact) mass is 368 g/mol. The van der Waals surface area contributed by atoms with Crippen LogP contribution in [-0.2, 0) is 11.3 Å². The first-order valence-corrected chi connectivity index (χ1v) is 7.87. The number of hydrogen-bond donors (Lipinski definition) is 0. The minimum Gasteiger partial charge on any atom is -0.454 e.